The lowest BCUT2D eigenvalue weighted by molar-refractivity contribution is -0.207. The molecular formula is C10H16O6. The maximum absolute atomic E-state index is 11.8. The summed E-state index contributed by atoms with van der Waals surface area (Å²) in [7, 11) is 0. The van der Waals surface area contributed by atoms with Crippen molar-refractivity contribution < 1.29 is 28.5 Å². The van der Waals surface area contributed by atoms with Gasteiger partial charge in [0, 0.05) is 0 Å². The van der Waals surface area contributed by atoms with Crippen molar-refractivity contribution in [1.29, 1.82) is 0 Å². The van der Waals surface area contributed by atoms with Crippen LogP contribution in [0.3, 0.4) is 0 Å². The molecule has 16 heavy (non-hydrogen) atoms. The highest BCUT2D eigenvalue weighted by atomic mass is 16.7. The lowest BCUT2D eigenvalue weighted by Gasteiger charge is -2.31. The molecule has 0 atom stereocenters. The van der Waals surface area contributed by atoms with Gasteiger partial charge in [-0.25, -0.2) is 0 Å². The summed E-state index contributed by atoms with van der Waals surface area (Å²) in [5.41, 5.74) is -1.47. The summed E-state index contributed by atoms with van der Waals surface area (Å²) in [5.74, 6) is -1.32. The Balaban J connectivity index is 2.82. The van der Waals surface area contributed by atoms with Gasteiger partial charge in [0.2, 0.25) is 5.41 Å². The quantitative estimate of drug-likeness (QED) is 0.506. The molecule has 0 saturated carbocycles. The summed E-state index contributed by atoms with van der Waals surface area (Å²) in [5, 5.41) is 0. The first-order valence-corrected chi connectivity index (χ1v) is 5.17. The largest absolute Gasteiger partial charge is 0.465 e. The molecule has 0 radical (unpaired) electrons. The second-order valence-corrected chi connectivity index (χ2v) is 3.34. The number of rotatable bonds is 4. The molecule has 0 aliphatic carbocycles. The highest BCUT2D eigenvalue weighted by molar-refractivity contribution is 6.00. The molecule has 6 nitrogen and oxygen atoms in total. The molecule has 0 aromatic carbocycles. The van der Waals surface area contributed by atoms with E-state index in [2.05, 4.69) is 0 Å². The van der Waals surface area contributed by atoms with E-state index in [0.29, 0.717) is 0 Å². The van der Waals surface area contributed by atoms with Crippen molar-refractivity contribution in [3.63, 3.8) is 0 Å². The predicted octanol–water partition coefficient (Wildman–Crippen LogP) is 0.103. The van der Waals surface area contributed by atoms with Gasteiger partial charge in [-0.05, 0) is 13.8 Å². The van der Waals surface area contributed by atoms with Gasteiger partial charge in [0.25, 0.3) is 0 Å². The Kier molecular flexibility index (Phi) is 4.70. The van der Waals surface area contributed by atoms with Crippen LogP contribution in [0.25, 0.3) is 0 Å². The minimum atomic E-state index is -1.47. The molecule has 0 spiro atoms. The Morgan fingerprint density at radius 3 is 1.88 bits per heavy atom. The summed E-state index contributed by atoms with van der Waals surface area (Å²) in [4.78, 5) is 23.5. The fraction of sp³-hybridized carbons (Fsp3) is 0.800. The number of hydrogen-bond donors (Lipinski definition) is 0. The first kappa shape index (κ1) is 12.9. The molecule has 0 aromatic rings. The Bertz CT molecular complexity index is 236. The van der Waals surface area contributed by atoms with Crippen molar-refractivity contribution in [2.24, 2.45) is 5.41 Å². The number of carbonyl (C=O) groups is 2. The molecule has 1 fully saturated rings. The van der Waals surface area contributed by atoms with Gasteiger partial charge in [-0.15, -0.1) is 0 Å². The van der Waals surface area contributed by atoms with E-state index in [1.807, 2.05) is 0 Å². The van der Waals surface area contributed by atoms with Crippen LogP contribution in [0, 0.1) is 5.41 Å². The van der Waals surface area contributed by atoms with Crippen LogP contribution in [0.4, 0.5) is 0 Å². The van der Waals surface area contributed by atoms with Crippen LogP contribution >= 0.6 is 0 Å². The third kappa shape index (κ3) is 2.51. The highest BCUT2D eigenvalue weighted by Gasteiger charge is 2.51. The SMILES string of the molecule is CCOC(=O)C1(C(=O)OCC)COCOC1. The summed E-state index contributed by atoms with van der Waals surface area (Å²) >= 11 is 0. The van der Waals surface area contributed by atoms with E-state index in [4.69, 9.17) is 18.9 Å². The lowest BCUT2D eigenvalue weighted by Crippen LogP contribution is -2.51. The maximum atomic E-state index is 11.8. The predicted molar refractivity (Wildman–Crippen MR) is 52.5 cm³/mol. The Labute approximate surface area is 93.8 Å². The Morgan fingerprint density at radius 1 is 1.06 bits per heavy atom. The Morgan fingerprint density at radius 2 is 1.50 bits per heavy atom. The van der Waals surface area contributed by atoms with E-state index >= 15 is 0 Å². The van der Waals surface area contributed by atoms with Crippen molar-refractivity contribution in [2.75, 3.05) is 33.2 Å². The molecule has 1 aliphatic heterocycles. The molecule has 1 rings (SSSR count). The zero-order valence-electron chi connectivity index (χ0n) is 9.49. The van der Waals surface area contributed by atoms with Crippen LogP contribution in [0.2, 0.25) is 0 Å². The first-order valence-electron chi connectivity index (χ1n) is 5.17. The van der Waals surface area contributed by atoms with Gasteiger partial charge in [-0.2, -0.15) is 0 Å². The van der Waals surface area contributed by atoms with E-state index in [1.54, 1.807) is 13.8 Å². The van der Waals surface area contributed by atoms with Gasteiger partial charge in [0.15, 0.2) is 0 Å². The second kappa shape index (κ2) is 5.81. The molecule has 0 N–H and O–H groups in total. The van der Waals surface area contributed by atoms with Crippen molar-refractivity contribution >= 4 is 11.9 Å². The average Bonchev–Trinajstić information content (AvgIpc) is 2.30. The minimum absolute atomic E-state index is 0.0648. The zero-order chi connectivity index (χ0) is 12.0. The van der Waals surface area contributed by atoms with Crippen molar-refractivity contribution in [3.05, 3.63) is 0 Å². The molecule has 0 aromatic heterocycles. The maximum Gasteiger partial charge on any atom is 0.328 e. The number of hydrogen-bond acceptors (Lipinski definition) is 6. The fourth-order valence-corrected chi connectivity index (χ4v) is 1.39. The fourth-order valence-electron chi connectivity index (χ4n) is 1.39. The van der Waals surface area contributed by atoms with Gasteiger partial charge in [-0.3, -0.25) is 9.59 Å². The lowest BCUT2D eigenvalue weighted by atomic mass is 9.89. The monoisotopic (exact) mass is 232 g/mol. The standard InChI is InChI=1S/C10H16O6/c1-3-15-8(11)10(9(12)16-4-2)5-13-7-14-6-10/h3-7H2,1-2H3. The number of esters is 2. The van der Waals surface area contributed by atoms with Crippen LogP contribution in [-0.2, 0) is 28.5 Å². The zero-order valence-corrected chi connectivity index (χ0v) is 9.49. The van der Waals surface area contributed by atoms with E-state index < -0.39 is 17.4 Å². The topological polar surface area (TPSA) is 71.1 Å². The molecule has 0 unspecified atom stereocenters. The van der Waals surface area contributed by atoms with E-state index in [9.17, 15) is 9.59 Å². The molecule has 1 heterocycles. The van der Waals surface area contributed by atoms with Crippen LogP contribution in [0.15, 0.2) is 0 Å². The average molecular weight is 232 g/mol. The molecule has 1 aliphatic rings. The van der Waals surface area contributed by atoms with Crippen LogP contribution < -0.4 is 0 Å². The molecule has 0 bridgehead atoms. The summed E-state index contributed by atoms with van der Waals surface area (Å²) in [6.07, 6.45) is 0. The van der Waals surface area contributed by atoms with Crippen LogP contribution in [0.1, 0.15) is 13.8 Å². The van der Waals surface area contributed by atoms with Gasteiger partial charge in [0.1, 0.15) is 6.79 Å². The van der Waals surface area contributed by atoms with Crippen LogP contribution in [-0.4, -0.2) is 45.2 Å². The van der Waals surface area contributed by atoms with E-state index in [0.717, 1.165) is 0 Å². The van der Waals surface area contributed by atoms with Crippen molar-refractivity contribution in [1.82, 2.24) is 0 Å². The van der Waals surface area contributed by atoms with E-state index in [1.165, 1.54) is 0 Å². The van der Waals surface area contributed by atoms with Crippen LogP contribution in [0.5, 0.6) is 0 Å². The molecule has 1 saturated heterocycles. The van der Waals surface area contributed by atoms with Crippen molar-refractivity contribution in [2.45, 2.75) is 13.8 Å². The van der Waals surface area contributed by atoms with Gasteiger partial charge in [-0.1, -0.05) is 0 Å². The minimum Gasteiger partial charge on any atom is -0.465 e. The molecule has 0 amide bonds. The van der Waals surface area contributed by atoms with Gasteiger partial charge < -0.3 is 18.9 Å². The smallest absolute Gasteiger partial charge is 0.328 e. The van der Waals surface area contributed by atoms with Crippen molar-refractivity contribution in [3.8, 4) is 0 Å². The highest BCUT2D eigenvalue weighted by Crippen LogP contribution is 2.26. The van der Waals surface area contributed by atoms with Gasteiger partial charge >= 0.3 is 11.9 Å². The van der Waals surface area contributed by atoms with Gasteiger partial charge in [0.05, 0.1) is 26.4 Å². The van der Waals surface area contributed by atoms with E-state index in [-0.39, 0.29) is 33.2 Å². The third-order valence-electron chi connectivity index (χ3n) is 2.20. The number of ether oxygens (including phenoxy) is 4. The molecular weight excluding hydrogens is 216 g/mol. The second-order valence-electron chi connectivity index (χ2n) is 3.34. The summed E-state index contributed by atoms with van der Waals surface area (Å²) < 4.78 is 19.7. The Hall–Kier alpha value is -1.14. The molecule has 6 heteroatoms. The number of carbonyl (C=O) groups excluding carboxylic acids is 2. The molecule has 92 valence electrons. The first-order chi connectivity index (χ1) is 7.67. The summed E-state index contributed by atoms with van der Waals surface area (Å²) in [6, 6.07) is 0. The third-order valence-corrected chi connectivity index (χ3v) is 2.20. The summed E-state index contributed by atoms with van der Waals surface area (Å²) in [6.45, 7) is 3.67. The normalized spacial score (nSPS) is 18.9.